The summed E-state index contributed by atoms with van der Waals surface area (Å²) in [5, 5.41) is 4.34. The molecule has 21 heteroatoms. The van der Waals surface area contributed by atoms with E-state index in [9.17, 15) is 31.9 Å². The van der Waals surface area contributed by atoms with Crippen LogP contribution in [-0.4, -0.2) is 99.3 Å². The summed E-state index contributed by atoms with van der Waals surface area (Å²) in [6, 6.07) is 20.2. The van der Waals surface area contributed by atoms with Gasteiger partial charge in [-0.3, -0.25) is 28.3 Å². The van der Waals surface area contributed by atoms with E-state index in [1.165, 1.54) is 35.7 Å². The normalized spacial score (nSPS) is 14.8. The highest BCUT2D eigenvalue weighted by molar-refractivity contribution is 6.31. The van der Waals surface area contributed by atoms with E-state index in [-0.39, 0.29) is 61.0 Å². The topological polar surface area (TPSA) is 152 Å². The smallest absolute Gasteiger partial charge is 0.387 e. The van der Waals surface area contributed by atoms with E-state index in [1.54, 1.807) is 84.4 Å². The van der Waals surface area contributed by atoms with E-state index in [2.05, 4.69) is 24.9 Å². The highest BCUT2D eigenvalue weighted by Crippen LogP contribution is 2.31. The predicted octanol–water partition coefficient (Wildman–Crippen LogP) is 6.60. The fraction of sp³-hybridized carbons (Fsp3) is 0.326. The average Bonchev–Trinajstić information content (AvgIpc) is 3.88. The molecule has 0 saturated carbocycles. The lowest BCUT2D eigenvalue weighted by molar-refractivity contribution is -0.0513. The molecule has 1 N–H and O–H groups in total. The molecule has 2 amide bonds. The summed E-state index contributed by atoms with van der Waals surface area (Å²) in [5.41, 5.74) is 4.78. The summed E-state index contributed by atoms with van der Waals surface area (Å²) in [6.07, 6.45) is 3.48. The molecule has 5 heterocycles. The number of piperazine rings is 1. The van der Waals surface area contributed by atoms with E-state index >= 15 is 0 Å². The molecule has 0 radical (unpaired) electrons. The lowest BCUT2D eigenvalue weighted by Gasteiger charge is -2.36. The van der Waals surface area contributed by atoms with Gasteiger partial charge in [-0.1, -0.05) is 41.9 Å². The average molecular weight is 948 g/mol. The lowest BCUT2D eigenvalue weighted by Crippen LogP contribution is -2.52. The SMILES string of the molecule is COCc1cccc(OC(F)F)c1Cn1c2cc(-c3cnc(N4CCN5C(=O)NC[C@@H]5C4)nc3)ccc2c(=O)n1C.COCc1cccc(OC(F)F)c1Cn1c2cc(Cl)ccc2c(=O)n1C. The van der Waals surface area contributed by atoms with Crippen molar-refractivity contribution in [3.05, 3.63) is 133 Å². The van der Waals surface area contributed by atoms with Crippen LogP contribution in [-0.2, 0) is 49.9 Å². The molecular weight excluding hydrogens is 902 g/mol. The first-order valence-corrected chi connectivity index (χ1v) is 21.4. The molecule has 2 aliphatic rings. The van der Waals surface area contributed by atoms with Crippen molar-refractivity contribution in [2.24, 2.45) is 14.1 Å². The van der Waals surface area contributed by atoms with Gasteiger partial charge in [0.15, 0.2) is 0 Å². The molecule has 9 rings (SSSR count). The second-order valence-corrected chi connectivity index (χ2v) is 16.3. The van der Waals surface area contributed by atoms with Crippen LogP contribution in [0.3, 0.4) is 0 Å². The Morgan fingerprint density at radius 2 is 1.25 bits per heavy atom. The molecule has 0 spiro atoms. The Hall–Kier alpha value is -6.90. The van der Waals surface area contributed by atoms with Gasteiger partial charge in [0, 0.05) is 88.6 Å². The van der Waals surface area contributed by atoms with Crippen LogP contribution in [0.15, 0.2) is 94.8 Å². The van der Waals surface area contributed by atoms with Gasteiger partial charge < -0.3 is 34.1 Å². The molecule has 7 aromatic rings. The monoisotopic (exact) mass is 947 g/mol. The van der Waals surface area contributed by atoms with Gasteiger partial charge in [-0.15, -0.1) is 0 Å². The molecule has 2 saturated heterocycles. The number of urea groups is 1. The summed E-state index contributed by atoms with van der Waals surface area (Å²) in [5.74, 6) is 0.667. The van der Waals surface area contributed by atoms with Gasteiger partial charge in [0.2, 0.25) is 5.95 Å². The number of halogens is 5. The standard InChI is InChI=1S/C28H29F2N7O4.C18H17ClF2N2O3/c1-34-25(38)21-7-6-17(19-11-31-27(32-12-19)35-8-9-36-20(14-35)13-33-28(36)39)10-23(21)37(34)15-22-18(16-40-2)4-3-5-24(22)41-26(29)30;1-22-17(24)13-7-6-12(19)8-15(13)23(22)9-14-11(10-25-2)4-3-5-16(14)26-18(20)21/h3-7,10-12,20,26H,8-9,13-16H2,1-2H3,(H,33,39);3-8,18H,9-10H2,1-2H3/t20-;/m1./s1. The van der Waals surface area contributed by atoms with Crippen molar-refractivity contribution in [1.29, 1.82) is 0 Å². The van der Waals surface area contributed by atoms with Crippen LogP contribution in [0.4, 0.5) is 28.3 Å². The van der Waals surface area contributed by atoms with Crippen LogP contribution in [0, 0.1) is 0 Å². The van der Waals surface area contributed by atoms with Crippen LogP contribution in [0.5, 0.6) is 11.5 Å². The minimum absolute atomic E-state index is 0.0272. The molecule has 0 aliphatic carbocycles. The predicted molar refractivity (Wildman–Crippen MR) is 242 cm³/mol. The highest BCUT2D eigenvalue weighted by Gasteiger charge is 2.36. The van der Waals surface area contributed by atoms with E-state index in [1.807, 2.05) is 17.0 Å². The number of amides is 2. The van der Waals surface area contributed by atoms with Crippen molar-refractivity contribution in [3.63, 3.8) is 0 Å². The number of carbonyl (C=O) groups excluding carboxylic acids is 1. The lowest BCUT2D eigenvalue weighted by atomic mass is 10.1. The van der Waals surface area contributed by atoms with Crippen molar-refractivity contribution < 1.29 is 41.3 Å². The highest BCUT2D eigenvalue weighted by atomic mass is 35.5. The second-order valence-electron chi connectivity index (χ2n) is 15.8. The quantitative estimate of drug-likeness (QED) is 0.118. The molecule has 3 aromatic heterocycles. The number of carbonyl (C=O) groups is 1. The van der Waals surface area contributed by atoms with Gasteiger partial charge in [0.05, 0.1) is 54.2 Å². The number of ether oxygens (including phenoxy) is 4. The number of aromatic nitrogens is 6. The van der Waals surface area contributed by atoms with Gasteiger partial charge in [-0.05, 0) is 59.2 Å². The molecule has 352 valence electrons. The van der Waals surface area contributed by atoms with E-state index < -0.39 is 13.2 Å². The van der Waals surface area contributed by atoms with Crippen molar-refractivity contribution in [2.75, 3.05) is 45.3 Å². The van der Waals surface area contributed by atoms with Crippen LogP contribution in [0.1, 0.15) is 22.3 Å². The number of alkyl halides is 4. The van der Waals surface area contributed by atoms with Gasteiger partial charge in [-0.25, -0.2) is 14.8 Å². The maximum absolute atomic E-state index is 13.2. The summed E-state index contributed by atoms with van der Waals surface area (Å²) in [6.45, 7) is -2.74. The van der Waals surface area contributed by atoms with Crippen molar-refractivity contribution >= 4 is 45.4 Å². The Balaban J connectivity index is 0.000000202. The zero-order valence-electron chi connectivity index (χ0n) is 36.8. The maximum atomic E-state index is 13.2. The van der Waals surface area contributed by atoms with Crippen LogP contribution in [0.25, 0.3) is 32.9 Å². The van der Waals surface area contributed by atoms with Crippen LogP contribution in [0.2, 0.25) is 5.02 Å². The molecule has 2 aliphatic heterocycles. The van der Waals surface area contributed by atoms with Gasteiger partial charge in [0.25, 0.3) is 11.1 Å². The third-order valence-corrected chi connectivity index (χ3v) is 12.1. The number of benzene rings is 4. The Kier molecular flexibility index (Phi) is 13.9. The second kappa shape index (κ2) is 19.9. The summed E-state index contributed by atoms with van der Waals surface area (Å²) in [7, 11) is 6.30. The number of nitrogens with one attached hydrogen (secondary N) is 1. The van der Waals surface area contributed by atoms with Gasteiger partial charge in [-0.2, -0.15) is 17.6 Å². The third-order valence-electron chi connectivity index (χ3n) is 11.9. The number of methoxy groups -OCH3 is 2. The van der Waals surface area contributed by atoms with Crippen molar-refractivity contribution in [3.8, 4) is 22.6 Å². The Labute approximate surface area is 385 Å². The first-order valence-electron chi connectivity index (χ1n) is 21.0. The minimum atomic E-state index is -2.99. The number of anilines is 1. The minimum Gasteiger partial charge on any atom is -0.434 e. The molecular formula is C46H46ClF4N9O7. The number of hydrogen-bond acceptors (Lipinski definition) is 10. The summed E-state index contributed by atoms with van der Waals surface area (Å²) < 4.78 is 78.3. The molecule has 67 heavy (non-hydrogen) atoms. The fourth-order valence-corrected chi connectivity index (χ4v) is 8.74. The van der Waals surface area contributed by atoms with Crippen LogP contribution < -0.4 is 30.8 Å². The molecule has 0 unspecified atom stereocenters. The van der Waals surface area contributed by atoms with Crippen molar-refractivity contribution in [2.45, 2.75) is 45.6 Å². The van der Waals surface area contributed by atoms with E-state index in [0.717, 1.165) is 11.1 Å². The maximum Gasteiger partial charge on any atom is 0.387 e. The van der Waals surface area contributed by atoms with E-state index in [4.69, 9.17) is 25.8 Å². The number of rotatable bonds is 14. The number of hydrogen-bond donors (Lipinski definition) is 1. The first-order chi connectivity index (χ1) is 32.3. The number of fused-ring (bicyclic) bond motifs is 3. The van der Waals surface area contributed by atoms with E-state index in [0.29, 0.717) is 81.2 Å². The molecule has 16 nitrogen and oxygen atoms in total. The zero-order valence-corrected chi connectivity index (χ0v) is 37.6. The van der Waals surface area contributed by atoms with Gasteiger partial charge in [0.1, 0.15) is 11.5 Å². The Morgan fingerprint density at radius 3 is 1.79 bits per heavy atom. The largest absolute Gasteiger partial charge is 0.434 e. The summed E-state index contributed by atoms with van der Waals surface area (Å²) in [4.78, 5) is 50.5. The molecule has 2 fully saturated rings. The zero-order chi connectivity index (χ0) is 47.5. The third kappa shape index (κ3) is 9.68. The summed E-state index contributed by atoms with van der Waals surface area (Å²) >= 11 is 6.07. The molecule has 0 bridgehead atoms. The van der Waals surface area contributed by atoms with Crippen molar-refractivity contribution in [1.82, 2.24) is 38.9 Å². The number of nitrogens with zero attached hydrogens (tertiary/aromatic N) is 8. The Morgan fingerprint density at radius 1 is 0.716 bits per heavy atom. The first kappa shape index (κ1) is 46.6. The molecule has 4 aromatic carbocycles. The molecule has 1 atom stereocenters. The van der Waals surface area contributed by atoms with Gasteiger partial charge >= 0.3 is 19.3 Å². The Bertz CT molecular complexity index is 3050. The fourth-order valence-electron chi connectivity index (χ4n) is 8.57. The van der Waals surface area contributed by atoms with Crippen LogP contribution >= 0.6 is 11.6 Å².